The summed E-state index contributed by atoms with van der Waals surface area (Å²) in [6.07, 6.45) is -4.53. The van der Waals surface area contributed by atoms with Gasteiger partial charge in [0.05, 0.1) is 18.8 Å². The van der Waals surface area contributed by atoms with Gasteiger partial charge in [0, 0.05) is 5.56 Å². The normalized spacial score (nSPS) is 11.3. The van der Waals surface area contributed by atoms with Gasteiger partial charge in [-0.2, -0.15) is 23.5 Å². The van der Waals surface area contributed by atoms with Gasteiger partial charge in [0.2, 0.25) is 0 Å². The summed E-state index contributed by atoms with van der Waals surface area (Å²) in [6, 6.07) is 2.95. The van der Waals surface area contributed by atoms with Crippen LogP contribution in [0.1, 0.15) is 29.9 Å². The average molecular weight is 329 g/mol. The summed E-state index contributed by atoms with van der Waals surface area (Å²) in [4.78, 5) is 11.8. The van der Waals surface area contributed by atoms with Gasteiger partial charge in [-0.05, 0) is 32.0 Å². The molecule has 0 aliphatic heterocycles. The molecular formula is C14H14F3N3O3. The van der Waals surface area contributed by atoms with E-state index in [1.54, 1.807) is 13.8 Å². The van der Waals surface area contributed by atoms with Crippen LogP contribution in [0.3, 0.4) is 0 Å². The van der Waals surface area contributed by atoms with Crippen LogP contribution in [0.4, 0.5) is 13.2 Å². The fourth-order valence-electron chi connectivity index (χ4n) is 1.93. The molecule has 0 aliphatic carbocycles. The number of H-pyrrole nitrogens is 1. The van der Waals surface area contributed by atoms with Crippen molar-refractivity contribution in [1.82, 2.24) is 15.4 Å². The number of nitrogens with zero attached hydrogens (tertiary/aromatic N) is 2. The number of hydrogen-bond donors (Lipinski definition) is 1. The van der Waals surface area contributed by atoms with Crippen LogP contribution >= 0.6 is 0 Å². The number of aromatic amines is 1. The number of carbonyl (C=O) groups is 1. The van der Waals surface area contributed by atoms with Crippen molar-refractivity contribution in [3.63, 3.8) is 0 Å². The molecule has 0 unspecified atom stereocenters. The molecule has 0 fully saturated rings. The Morgan fingerprint density at radius 3 is 2.57 bits per heavy atom. The van der Waals surface area contributed by atoms with E-state index >= 15 is 0 Å². The molecule has 0 saturated heterocycles. The van der Waals surface area contributed by atoms with E-state index in [0.717, 1.165) is 12.1 Å². The van der Waals surface area contributed by atoms with Gasteiger partial charge < -0.3 is 9.47 Å². The second-order valence-corrected chi connectivity index (χ2v) is 4.38. The van der Waals surface area contributed by atoms with Crippen molar-refractivity contribution in [1.29, 1.82) is 0 Å². The maximum atomic E-state index is 12.9. The highest BCUT2D eigenvalue weighted by molar-refractivity contribution is 5.94. The first-order chi connectivity index (χ1) is 10.9. The summed E-state index contributed by atoms with van der Waals surface area (Å²) in [5, 5.41) is 9.65. The third-order valence-corrected chi connectivity index (χ3v) is 2.88. The first-order valence-corrected chi connectivity index (χ1v) is 6.80. The molecule has 0 saturated carbocycles. The fourth-order valence-corrected chi connectivity index (χ4v) is 1.93. The Balaban J connectivity index is 2.57. The number of carbonyl (C=O) groups excluding carboxylic acids is 1. The van der Waals surface area contributed by atoms with E-state index in [0.29, 0.717) is 0 Å². The van der Waals surface area contributed by atoms with Gasteiger partial charge in [0.1, 0.15) is 11.4 Å². The predicted molar refractivity (Wildman–Crippen MR) is 73.9 cm³/mol. The van der Waals surface area contributed by atoms with E-state index in [1.165, 1.54) is 6.07 Å². The largest absolute Gasteiger partial charge is 0.493 e. The molecule has 2 rings (SSSR count). The van der Waals surface area contributed by atoms with Crippen molar-refractivity contribution in [2.24, 2.45) is 0 Å². The molecule has 9 heteroatoms. The first kappa shape index (κ1) is 16.8. The summed E-state index contributed by atoms with van der Waals surface area (Å²) < 4.78 is 48.9. The summed E-state index contributed by atoms with van der Waals surface area (Å²) >= 11 is 0. The third kappa shape index (κ3) is 3.61. The lowest BCUT2D eigenvalue weighted by atomic mass is 10.0. The van der Waals surface area contributed by atoms with Crippen LogP contribution in [-0.2, 0) is 10.9 Å². The Morgan fingerprint density at radius 2 is 1.96 bits per heavy atom. The molecule has 0 atom stereocenters. The smallest absolute Gasteiger partial charge is 0.416 e. The number of halogens is 3. The highest BCUT2D eigenvalue weighted by Crippen LogP contribution is 2.37. The Kier molecular flexibility index (Phi) is 4.87. The third-order valence-electron chi connectivity index (χ3n) is 2.88. The number of benzene rings is 1. The van der Waals surface area contributed by atoms with Gasteiger partial charge in [-0.1, -0.05) is 0 Å². The number of rotatable bonds is 5. The molecule has 2 aromatic rings. The first-order valence-electron chi connectivity index (χ1n) is 6.80. The van der Waals surface area contributed by atoms with Crippen molar-refractivity contribution >= 4 is 5.97 Å². The lowest BCUT2D eigenvalue weighted by molar-refractivity contribution is -0.137. The van der Waals surface area contributed by atoms with Gasteiger partial charge in [0.15, 0.2) is 5.69 Å². The van der Waals surface area contributed by atoms with Gasteiger partial charge in [-0.25, -0.2) is 4.79 Å². The van der Waals surface area contributed by atoms with Crippen molar-refractivity contribution in [2.75, 3.05) is 13.2 Å². The molecule has 0 radical (unpaired) electrons. The Hall–Kier alpha value is -2.58. The lowest BCUT2D eigenvalue weighted by Gasteiger charge is -2.13. The van der Waals surface area contributed by atoms with Crippen molar-refractivity contribution in [3.8, 4) is 17.0 Å². The zero-order chi connectivity index (χ0) is 17.0. The minimum Gasteiger partial charge on any atom is -0.493 e. The molecule has 0 bridgehead atoms. The number of ether oxygens (including phenoxy) is 2. The quantitative estimate of drug-likeness (QED) is 0.853. The summed E-state index contributed by atoms with van der Waals surface area (Å²) in [5.74, 6) is -0.615. The summed E-state index contributed by atoms with van der Waals surface area (Å²) in [7, 11) is 0. The Morgan fingerprint density at radius 1 is 1.22 bits per heavy atom. The molecule has 6 nitrogen and oxygen atoms in total. The minimum absolute atomic E-state index is 0.0125. The van der Waals surface area contributed by atoms with Gasteiger partial charge in [0.25, 0.3) is 0 Å². The lowest BCUT2D eigenvalue weighted by Crippen LogP contribution is -2.09. The van der Waals surface area contributed by atoms with Crippen LogP contribution in [0.25, 0.3) is 11.3 Å². The standard InChI is InChI=1S/C14H14F3N3O3/c1-3-22-10-6-5-8(14(15,16)17)7-9(10)11-12(19-20-18-11)13(21)23-4-2/h5-7H,3-4H2,1-2H3,(H,18,19,20). The van der Waals surface area contributed by atoms with Crippen LogP contribution in [0.2, 0.25) is 0 Å². The highest BCUT2D eigenvalue weighted by Gasteiger charge is 2.32. The number of esters is 1. The molecule has 23 heavy (non-hydrogen) atoms. The van der Waals surface area contributed by atoms with Crippen molar-refractivity contribution < 1.29 is 27.4 Å². The minimum atomic E-state index is -4.53. The Labute approximate surface area is 129 Å². The topological polar surface area (TPSA) is 77.1 Å². The molecule has 0 amide bonds. The van der Waals surface area contributed by atoms with E-state index < -0.39 is 17.7 Å². The van der Waals surface area contributed by atoms with Gasteiger partial charge in [-0.15, -0.1) is 5.10 Å². The zero-order valence-corrected chi connectivity index (χ0v) is 12.4. The highest BCUT2D eigenvalue weighted by atomic mass is 19.4. The van der Waals surface area contributed by atoms with Gasteiger partial charge in [-0.3, -0.25) is 0 Å². The second-order valence-electron chi connectivity index (χ2n) is 4.38. The predicted octanol–water partition coefficient (Wildman–Crippen LogP) is 3.07. The van der Waals surface area contributed by atoms with E-state index in [2.05, 4.69) is 15.4 Å². The molecule has 1 N–H and O–H groups in total. The monoisotopic (exact) mass is 329 g/mol. The van der Waals surface area contributed by atoms with Crippen LogP contribution < -0.4 is 4.74 Å². The maximum Gasteiger partial charge on any atom is 0.416 e. The van der Waals surface area contributed by atoms with Crippen LogP contribution in [-0.4, -0.2) is 34.6 Å². The molecule has 0 aliphatic rings. The van der Waals surface area contributed by atoms with Crippen LogP contribution in [0.15, 0.2) is 18.2 Å². The second kappa shape index (κ2) is 6.67. The Bertz CT molecular complexity index is 698. The maximum absolute atomic E-state index is 12.9. The van der Waals surface area contributed by atoms with E-state index in [1.807, 2.05) is 0 Å². The number of hydrogen-bond acceptors (Lipinski definition) is 5. The average Bonchev–Trinajstić information content (AvgIpc) is 2.96. The van der Waals surface area contributed by atoms with Crippen LogP contribution in [0, 0.1) is 0 Å². The van der Waals surface area contributed by atoms with E-state index in [4.69, 9.17) is 9.47 Å². The molecule has 124 valence electrons. The van der Waals surface area contributed by atoms with E-state index in [-0.39, 0.29) is 35.9 Å². The summed E-state index contributed by atoms with van der Waals surface area (Å²) in [5.41, 5.74) is -1.13. The van der Waals surface area contributed by atoms with Crippen molar-refractivity contribution in [2.45, 2.75) is 20.0 Å². The molecule has 1 heterocycles. The van der Waals surface area contributed by atoms with Crippen molar-refractivity contribution in [3.05, 3.63) is 29.5 Å². The molecule has 1 aromatic carbocycles. The number of aromatic nitrogens is 3. The number of nitrogens with one attached hydrogen (secondary N) is 1. The molecular weight excluding hydrogens is 315 g/mol. The number of alkyl halides is 3. The fraction of sp³-hybridized carbons (Fsp3) is 0.357. The summed E-state index contributed by atoms with van der Waals surface area (Å²) in [6.45, 7) is 3.64. The molecule has 1 aromatic heterocycles. The van der Waals surface area contributed by atoms with E-state index in [9.17, 15) is 18.0 Å². The molecule has 0 spiro atoms. The zero-order valence-electron chi connectivity index (χ0n) is 12.4. The SMILES string of the molecule is CCOC(=O)c1n[nH]nc1-c1cc(C(F)(F)F)ccc1OCC. The van der Waals surface area contributed by atoms with Gasteiger partial charge >= 0.3 is 12.1 Å². The van der Waals surface area contributed by atoms with Crippen LogP contribution in [0.5, 0.6) is 5.75 Å².